The third-order valence-electron chi connectivity index (χ3n) is 2.82. The van der Waals surface area contributed by atoms with Crippen LogP contribution in [0.2, 0.25) is 0 Å². The Hall–Kier alpha value is -2.10. The number of aliphatic hydroxyl groups is 1. The highest BCUT2D eigenvalue weighted by Gasteiger charge is 2.26. The zero-order valence-corrected chi connectivity index (χ0v) is 13.8. The van der Waals surface area contributed by atoms with Crippen LogP contribution in [0.5, 0.6) is 0 Å². The molecular formula is C13H16ClN3O5S. The molecule has 0 radical (unpaired) electrons. The summed E-state index contributed by atoms with van der Waals surface area (Å²) in [5.74, 6) is -1.49. The number of rotatable bonds is 4. The predicted octanol–water partition coefficient (Wildman–Crippen LogP) is 0.403. The number of ketones is 1. The van der Waals surface area contributed by atoms with Crippen molar-refractivity contribution in [2.75, 3.05) is 29.4 Å². The monoisotopic (exact) mass is 361 g/mol. The SMILES string of the molecule is CS(=O)(=O)Nc1ccc(NC(=O)C2=C(O)CNCC2=O)cc1.Cl. The van der Waals surface area contributed by atoms with Gasteiger partial charge in [0.25, 0.3) is 5.91 Å². The normalized spacial score (nSPS) is 14.9. The van der Waals surface area contributed by atoms with E-state index in [1.54, 1.807) is 0 Å². The molecule has 0 aromatic heterocycles. The molecule has 1 amide bonds. The number of hydrogen-bond acceptors (Lipinski definition) is 6. The zero-order chi connectivity index (χ0) is 16.3. The minimum atomic E-state index is -3.37. The van der Waals surface area contributed by atoms with E-state index in [1.165, 1.54) is 24.3 Å². The first-order valence-electron chi connectivity index (χ1n) is 6.31. The number of sulfonamides is 1. The molecule has 4 N–H and O–H groups in total. The first kappa shape index (κ1) is 18.9. The average Bonchev–Trinajstić information content (AvgIpc) is 2.39. The first-order valence-corrected chi connectivity index (χ1v) is 8.20. The van der Waals surface area contributed by atoms with E-state index in [4.69, 9.17) is 0 Å². The van der Waals surface area contributed by atoms with Gasteiger partial charge in [0.1, 0.15) is 11.3 Å². The summed E-state index contributed by atoms with van der Waals surface area (Å²) >= 11 is 0. The van der Waals surface area contributed by atoms with Gasteiger partial charge in [-0.2, -0.15) is 0 Å². The van der Waals surface area contributed by atoms with Crippen molar-refractivity contribution in [1.82, 2.24) is 5.32 Å². The molecule has 2 rings (SSSR count). The van der Waals surface area contributed by atoms with Crippen molar-refractivity contribution >= 4 is 45.5 Å². The smallest absolute Gasteiger partial charge is 0.262 e. The van der Waals surface area contributed by atoms with Crippen molar-refractivity contribution in [2.45, 2.75) is 0 Å². The van der Waals surface area contributed by atoms with Gasteiger partial charge in [-0.05, 0) is 24.3 Å². The van der Waals surface area contributed by atoms with Gasteiger partial charge in [-0.1, -0.05) is 0 Å². The standard InChI is InChI=1S/C13H15N3O5S.ClH/c1-22(20,21)16-9-4-2-8(3-5-9)15-13(19)12-10(17)6-14-7-11(12)18;/h2-5,14,16-17H,6-7H2,1H3,(H,15,19);1H. The van der Waals surface area contributed by atoms with E-state index in [-0.39, 0.29) is 36.8 Å². The topological polar surface area (TPSA) is 125 Å². The maximum absolute atomic E-state index is 12.0. The quantitative estimate of drug-likeness (QED) is 0.575. The molecule has 0 fully saturated rings. The fourth-order valence-corrected chi connectivity index (χ4v) is 2.48. The Bertz CT molecular complexity index is 743. The number of benzene rings is 1. The maximum Gasteiger partial charge on any atom is 0.262 e. The van der Waals surface area contributed by atoms with E-state index in [2.05, 4.69) is 15.4 Å². The number of hydrogen-bond donors (Lipinski definition) is 4. The summed E-state index contributed by atoms with van der Waals surface area (Å²) in [5.41, 5.74) is 0.452. The van der Waals surface area contributed by atoms with Crippen LogP contribution in [0.1, 0.15) is 0 Å². The van der Waals surface area contributed by atoms with Crippen LogP contribution in [0.15, 0.2) is 35.6 Å². The molecular weight excluding hydrogens is 346 g/mol. The molecule has 1 aromatic rings. The highest BCUT2D eigenvalue weighted by atomic mass is 35.5. The van der Waals surface area contributed by atoms with E-state index in [0.717, 1.165) is 6.26 Å². The van der Waals surface area contributed by atoms with Gasteiger partial charge in [0, 0.05) is 11.4 Å². The Kier molecular flexibility index (Phi) is 6.13. The van der Waals surface area contributed by atoms with Crippen LogP contribution in [0.3, 0.4) is 0 Å². The molecule has 10 heteroatoms. The lowest BCUT2D eigenvalue weighted by molar-refractivity contribution is -0.120. The van der Waals surface area contributed by atoms with Crippen LogP contribution >= 0.6 is 12.4 Å². The summed E-state index contributed by atoms with van der Waals surface area (Å²) in [5, 5.41) is 14.8. The number of Topliss-reactive ketones (excluding diaryl/α,β-unsaturated/α-hetero) is 1. The number of halogens is 1. The van der Waals surface area contributed by atoms with Crippen LogP contribution in [0, 0.1) is 0 Å². The van der Waals surface area contributed by atoms with E-state index < -0.39 is 21.7 Å². The van der Waals surface area contributed by atoms with Gasteiger partial charge in [-0.3, -0.25) is 14.3 Å². The Labute approximate surface area is 139 Å². The van der Waals surface area contributed by atoms with Gasteiger partial charge in [0.2, 0.25) is 10.0 Å². The van der Waals surface area contributed by atoms with Crippen molar-refractivity contribution in [1.29, 1.82) is 0 Å². The number of amides is 1. The number of anilines is 2. The molecule has 23 heavy (non-hydrogen) atoms. The average molecular weight is 362 g/mol. The Balaban J connectivity index is 0.00000264. The lowest BCUT2D eigenvalue weighted by Crippen LogP contribution is -2.37. The second-order valence-corrected chi connectivity index (χ2v) is 6.50. The van der Waals surface area contributed by atoms with E-state index in [0.29, 0.717) is 11.4 Å². The summed E-state index contributed by atoms with van der Waals surface area (Å²) in [7, 11) is -3.37. The molecule has 0 saturated heterocycles. The van der Waals surface area contributed by atoms with Gasteiger partial charge < -0.3 is 15.7 Å². The first-order chi connectivity index (χ1) is 10.3. The van der Waals surface area contributed by atoms with Crippen molar-refractivity contribution in [3.63, 3.8) is 0 Å². The number of carbonyl (C=O) groups is 2. The predicted molar refractivity (Wildman–Crippen MR) is 88.3 cm³/mol. The molecule has 1 aliphatic rings. The Morgan fingerprint density at radius 3 is 2.26 bits per heavy atom. The third kappa shape index (κ3) is 5.23. The molecule has 8 nitrogen and oxygen atoms in total. The minimum absolute atomic E-state index is 0. The highest BCUT2D eigenvalue weighted by Crippen LogP contribution is 2.16. The molecule has 0 saturated carbocycles. The minimum Gasteiger partial charge on any atom is -0.510 e. The van der Waals surface area contributed by atoms with Crippen LogP contribution in [0.4, 0.5) is 11.4 Å². The summed E-state index contributed by atoms with van der Waals surface area (Å²) in [4.78, 5) is 23.6. The number of nitrogens with one attached hydrogen (secondary N) is 3. The molecule has 1 aromatic carbocycles. The number of aliphatic hydroxyl groups excluding tert-OH is 1. The van der Waals surface area contributed by atoms with Crippen molar-refractivity contribution in [2.24, 2.45) is 0 Å². The molecule has 0 spiro atoms. The van der Waals surface area contributed by atoms with Gasteiger partial charge in [-0.25, -0.2) is 8.42 Å². The van der Waals surface area contributed by atoms with E-state index in [9.17, 15) is 23.1 Å². The van der Waals surface area contributed by atoms with E-state index >= 15 is 0 Å². The van der Waals surface area contributed by atoms with Gasteiger partial charge in [0.15, 0.2) is 5.78 Å². The fraction of sp³-hybridized carbons (Fsp3) is 0.231. The highest BCUT2D eigenvalue weighted by molar-refractivity contribution is 7.92. The van der Waals surface area contributed by atoms with Crippen LogP contribution in [-0.2, 0) is 19.6 Å². The molecule has 1 aliphatic heterocycles. The van der Waals surface area contributed by atoms with Gasteiger partial charge in [-0.15, -0.1) is 12.4 Å². The molecule has 0 unspecified atom stereocenters. The van der Waals surface area contributed by atoms with Crippen molar-refractivity contribution < 1.29 is 23.1 Å². The van der Waals surface area contributed by atoms with Crippen LogP contribution in [-0.4, -0.2) is 44.6 Å². The summed E-state index contributed by atoms with van der Waals surface area (Å²) < 4.78 is 24.5. The third-order valence-corrected chi connectivity index (χ3v) is 3.42. The lowest BCUT2D eigenvalue weighted by atomic mass is 10.1. The summed E-state index contributed by atoms with van der Waals surface area (Å²) in [6, 6.07) is 5.90. The molecule has 0 bridgehead atoms. The van der Waals surface area contributed by atoms with E-state index in [1.807, 2.05) is 0 Å². The maximum atomic E-state index is 12.0. The summed E-state index contributed by atoms with van der Waals surface area (Å²) in [6.07, 6.45) is 1.03. The molecule has 0 atom stereocenters. The van der Waals surface area contributed by atoms with Crippen molar-refractivity contribution in [3.05, 3.63) is 35.6 Å². The van der Waals surface area contributed by atoms with Crippen LogP contribution < -0.4 is 15.4 Å². The zero-order valence-electron chi connectivity index (χ0n) is 12.1. The van der Waals surface area contributed by atoms with Crippen LogP contribution in [0.25, 0.3) is 0 Å². The lowest BCUT2D eigenvalue weighted by Gasteiger charge is -2.16. The number of carbonyl (C=O) groups excluding carboxylic acids is 2. The Morgan fingerprint density at radius 2 is 1.74 bits per heavy atom. The molecule has 1 heterocycles. The van der Waals surface area contributed by atoms with Crippen molar-refractivity contribution in [3.8, 4) is 0 Å². The molecule has 126 valence electrons. The second kappa shape index (κ2) is 7.44. The summed E-state index contributed by atoms with van der Waals surface area (Å²) in [6.45, 7) is 0.0513. The largest absolute Gasteiger partial charge is 0.510 e. The van der Waals surface area contributed by atoms with Gasteiger partial charge in [0.05, 0.1) is 19.3 Å². The fourth-order valence-electron chi connectivity index (χ4n) is 1.92. The molecule has 0 aliphatic carbocycles. The van der Waals surface area contributed by atoms with Gasteiger partial charge >= 0.3 is 0 Å². The second-order valence-electron chi connectivity index (χ2n) is 4.75. The Morgan fingerprint density at radius 1 is 1.17 bits per heavy atom.